The molecule has 0 radical (unpaired) electrons. The number of carboxylic acids is 1. The van der Waals surface area contributed by atoms with Crippen LogP contribution in [0.4, 0.5) is 5.69 Å². The fourth-order valence-electron chi connectivity index (χ4n) is 2.03. The van der Waals surface area contributed by atoms with E-state index >= 15 is 0 Å². The van der Waals surface area contributed by atoms with E-state index in [1.807, 2.05) is 32.0 Å². The molecule has 0 spiro atoms. The predicted octanol–water partition coefficient (Wildman–Crippen LogP) is 2.57. The predicted molar refractivity (Wildman–Crippen MR) is 86.3 cm³/mol. The van der Waals surface area contributed by atoms with E-state index in [-0.39, 0.29) is 4.90 Å². The number of ether oxygens (including phenoxy) is 1. The molecular weight excluding hydrogens is 318 g/mol. The van der Waals surface area contributed by atoms with Gasteiger partial charge in [0.2, 0.25) is 0 Å². The third-order valence-electron chi connectivity index (χ3n) is 3.21. The monoisotopic (exact) mass is 335 g/mol. The first kappa shape index (κ1) is 16.8. The molecule has 122 valence electrons. The van der Waals surface area contributed by atoms with Gasteiger partial charge in [-0.15, -0.1) is 0 Å². The number of aryl methyl sites for hydroxylation is 2. The van der Waals surface area contributed by atoms with E-state index in [1.165, 1.54) is 24.3 Å². The number of rotatable bonds is 6. The molecule has 0 unspecified atom stereocenters. The molecule has 0 saturated heterocycles. The third kappa shape index (κ3) is 4.23. The van der Waals surface area contributed by atoms with Gasteiger partial charge in [0, 0.05) is 0 Å². The number of anilines is 1. The molecule has 2 aromatic rings. The molecule has 0 aliphatic carbocycles. The standard InChI is InChI=1S/C16H17NO5S/c1-11-4-3-5-12(2)16(11)17-23(20,21)14-8-6-13(7-9-14)22-10-15(18)19/h3-9,17H,10H2,1-2H3,(H,18,19). The van der Waals surface area contributed by atoms with Gasteiger partial charge in [0.05, 0.1) is 10.6 Å². The van der Waals surface area contributed by atoms with E-state index in [1.54, 1.807) is 0 Å². The largest absolute Gasteiger partial charge is 0.482 e. The third-order valence-corrected chi connectivity index (χ3v) is 4.58. The minimum atomic E-state index is -3.73. The highest BCUT2D eigenvalue weighted by Gasteiger charge is 2.16. The number of hydrogen-bond donors (Lipinski definition) is 2. The van der Waals surface area contributed by atoms with Crippen molar-refractivity contribution in [2.75, 3.05) is 11.3 Å². The van der Waals surface area contributed by atoms with Crippen LogP contribution in [0.25, 0.3) is 0 Å². The summed E-state index contributed by atoms with van der Waals surface area (Å²) in [4.78, 5) is 10.5. The molecule has 2 aromatic carbocycles. The van der Waals surface area contributed by atoms with Crippen LogP contribution in [-0.4, -0.2) is 26.1 Å². The molecule has 7 heteroatoms. The van der Waals surface area contributed by atoms with Gasteiger partial charge in [-0.3, -0.25) is 4.72 Å². The molecule has 0 heterocycles. The number of sulfonamides is 1. The van der Waals surface area contributed by atoms with Crippen LogP contribution >= 0.6 is 0 Å². The molecule has 0 aromatic heterocycles. The quantitative estimate of drug-likeness (QED) is 0.846. The number of carboxylic acid groups (broad SMARTS) is 1. The molecule has 6 nitrogen and oxygen atoms in total. The van der Waals surface area contributed by atoms with Crippen LogP contribution in [0.3, 0.4) is 0 Å². The van der Waals surface area contributed by atoms with Gasteiger partial charge < -0.3 is 9.84 Å². The van der Waals surface area contributed by atoms with Gasteiger partial charge in [-0.05, 0) is 49.2 Å². The number of nitrogens with one attached hydrogen (secondary N) is 1. The summed E-state index contributed by atoms with van der Waals surface area (Å²) in [6, 6.07) is 11.1. The van der Waals surface area contributed by atoms with Gasteiger partial charge in [-0.25, -0.2) is 13.2 Å². The lowest BCUT2D eigenvalue weighted by Gasteiger charge is -2.13. The number of para-hydroxylation sites is 1. The van der Waals surface area contributed by atoms with E-state index in [4.69, 9.17) is 9.84 Å². The summed E-state index contributed by atoms with van der Waals surface area (Å²) in [7, 11) is -3.73. The molecule has 0 amide bonds. The van der Waals surface area contributed by atoms with Crippen molar-refractivity contribution in [1.29, 1.82) is 0 Å². The second-order valence-electron chi connectivity index (χ2n) is 5.03. The van der Waals surface area contributed by atoms with E-state index in [9.17, 15) is 13.2 Å². The summed E-state index contributed by atoms with van der Waals surface area (Å²) in [5, 5.41) is 8.54. The second kappa shape index (κ2) is 6.70. The Bertz CT molecular complexity index is 793. The summed E-state index contributed by atoms with van der Waals surface area (Å²) >= 11 is 0. The average molecular weight is 335 g/mol. The molecule has 0 bridgehead atoms. The van der Waals surface area contributed by atoms with Gasteiger partial charge >= 0.3 is 5.97 Å². The zero-order valence-corrected chi connectivity index (χ0v) is 13.6. The van der Waals surface area contributed by atoms with Crippen molar-refractivity contribution in [1.82, 2.24) is 0 Å². The SMILES string of the molecule is Cc1cccc(C)c1NS(=O)(=O)c1ccc(OCC(=O)O)cc1. The van der Waals surface area contributed by atoms with Crippen molar-refractivity contribution >= 4 is 21.7 Å². The topological polar surface area (TPSA) is 92.7 Å². The van der Waals surface area contributed by atoms with Crippen LogP contribution in [-0.2, 0) is 14.8 Å². The van der Waals surface area contributed by atoms with Crippen LogP contribution in [0, 0.1) is 13.8 Å². The summed E-state index contributed by atoms with van der Waals surface area (Å²) in [6.45, 7) is 3.17. The van der Waals surface area contributed by atoms with Gasteiger partial charge in [-0.2, -0.15) is 0 Å². The Hall–Kier alpha value is -2.54. The Morgan fingerprint density at radius 3 is 2.17 bits per heavy atom. The van der Waals surface area contributed by atoms with E-state index in [0.717, 1.165) is 11.1 Å². The number of benzene rings is 2. The van der Waals surface area contributed by atoms with Crippen molar-refractivity contribution in [3.63, 3.8) is 0 Å². The Kier molecular flexibility index (Phi) is 4.90. The first-order valence-corrected chi connectivity index (χ1v) is 8.31. The fourth-order valence-corrected chi connectivity index (χ4v) is 3.23. The highest BCUT2D eigenvalue weighted by Crippen LogP contribution is 2.24. The van der Waals surface area contributed by atoms with E-state index in [2.05, 4.69) is 4.72 Å². The molecule has 2 rings (SSSR count). The van der Waals surface area contributed by atoms with Crippen molar-refractivity contribution < 1.29 is 23.1 Å². The number of carbonyl (C=O) groups is 1. The zero-order chi connectivity index (χ0) is 17.0. The lowest BCUT2D eigenvalue weighted by Crippen LogP contribution is -2.15. The second-order valence-corrected chi connectivity index (χ2v) is 6.71. The lowest BCUT2D eigenvalue weighted by atomic mass is 10.1. The fraction of sp³-hybridized carbons (Fsp3) is 0.188. The minimum Gasteiger partial charge on any atom is -0.482 e. The molecular formula is C16H17NO5S. The van der Waals surface area contributed by atoms with Crippen molar-refractivity contribution in [3.05, 3.63) is 53.6 Å². The Morgan fingerprint density at radius 1 is 1.09 bits per heavy atom. The minimum absolute atomic E-state index is 0.0721. The van der Waals surface area contributed by atoms with Gasteiger partial charge in [0.25, 0.3) is 10.0 Å². The van der Waals surface area contributed by atoms with Crippen molar-refractivity contribution in [2.45, 2.75) is 18.7 Å². The van der Waals surface area contributed by atoms with Crippen LogP contribution in [0.5, 0.6) is 5.75 Å². The molecule has 0 aliphatic rings. The first-order valence-electron chi connectivity index (χ1n) is 6.83. The normalized spacial score (nSPS) is 11.0. The average Bonchev–Trinajstić information content (AvgIpc) is 2.49. The highest BCUT2D eigenvalue weighted by atomic mass is 32.2. The van der Waals surface area contributed by atoms with Gasteiger partial charge in [0.1, 0.15) is 5.75 Å². The number of hydrogen-bond acceptors (Lipinski definition) is 4. The van der Waals surface area contributed by atoms with Crippen LogP contribution in [0.1, 0.15) is 11.1 Å². The highest BCUT2D eigenvalue weighted by molar-refractivity contribution is 7.92. The maximum absolute atomic E-state index is 12.4. The van der Waals surface area contributed by atoms with Crippen molar-refractivity contribution in [3.8, 4) is 5.75 Å². The summed E-state index contributed by atoms with van der Waals surface area (Å²) in [5.41, 5.74) is 2.21. The zero-order valence-electron chi connectivity index (χ0n) is 12.7. The Morgan fingerprint density at radius 2 is 1.65 bits per heavy atom. The maximum Gasteiger partial charge on any atom is 0.341 e. The number of aliphatic carboxylic acids is 1. The molecule has 0 saturated carbocycles. The molecule has 0 atom stereocenters. The first-order chi connectivity index (χ1) is 10.8. The van der Waals surface area contributed by atoms with Gasteiger partial charge in [-0.1, -0.05) is 18.2 Å². The summed E-state index contributed by atoms with van der Waals surface area (Å²) in [5.74, 6) is -0.809. The molecule has 0 fully saturated rings. The molecule has 23 heavy (non-hydrogen) atoms. The molecule has 2 N–H and O–H groups in total. The Balaban J connectivity index is 2.21. The molecule has 0 aliphatic heterocycles. The van der Waals surface area contributed by atoms with Crippen LogP contribution in [0.15, 0.2) is 47.4 Å². The smallest absolute Gasteiger partial charge is 0.341 e. The summed E-state index contributed by atoms with van der Waals surface area (Å²) < 4.78 is 32.4. The van der Waals surface area contributed by atoms with Gasteiger partial charge in [0.15, 0.2) is 6.61 Å². The summed E-state index contributed by atoms with van der Waals surface area (Å²) in [6.07, 6.45) is 0. The van der Waals surface area contributed by atoms with Crippen LogP contribution in [0.2, 0.25) is 0 Å². The Labute approximate surface area is 134 Å². The van der Waals surface area contributed by atoms with Crippen molar-refractivity contribution in [2.24, 2.45) is 0 Å². The van der Waals surface area contributed by atoms with E-state index < -0.39 is 22.6 Å². The lowest BCUT2D eigenvalue weighted by molar-refractivity contribution is -0.139. The van der Waals surface area contributed by atoms with E-state index in [0.29, 0.717) is 11.4 Å². The van der Waals surface area contributed by atoms with Crippen LogP contribution < -0.4 is 9.46 Å². The maximum atomic E-state index is 12.4.